The summed E-state index contributed by atoms with van der Waals surface area (Å²) in [6.45, 7) is 0. The van der Waals surface area contributed by atoms with Crippen molar-refractivity contribution in [2.45, 2.75) is 0 Å². The highest BCUT2D eigenvalue weighted by Crippen LogP contribution is 2.45. The molecule has 12 rings (SSSR count). The number of imidazole rings is 2. The SMILES string of the molecule is c1ccc(-n2c(-c3ccc(-c4ccc5nc6c(-c7ccc8ccccc8c7)c7ccccc7c(-c7ccc8ccccc8c7)c6n5c4)cc3)nc3ccccc32)cc1. The number of rotatable bonds is 5. The van der Waals surface area contributed by atoms with Gasteiger partial charge in [0.25, 0.3) is 0 Å². The van der Waals surface area contributed by atoms with E-state index in [4.69, 9.17) is 9.97 Å². The van der Waals surface area contributed by atoms with Crippen LogP contribution in [-0.2, 0) is 0 Å². The highest BCUT2D eigenvalue weighted by atomic mass is 15.1. The molecule has 4 nitrogen and oxygen atoms in total. The van der Waals surface area contributed by atoms with Crippen molar-refractivity contribution in [1.82, 2.24) is 18.9 Å². The van der Waals surface area contributed by atoms with E-state index < -0.39 is 0 Å². The molecule has 270 valence electrons. The number of aromatic nitrogens is 4. The summed E-state index contributed by atoms with van der Waals surface area (Å²) < 4.78 is 4.56. The number of benzene rings is 9. The van der Waals surface area contributed by atoms with Gasteiger partial charge in [-0.3, -0.25) is 8.97 Å². The monoisotopic (exact) mass is 738 g/mol. The van der Waals surface area contributed by atoms with Gasteiger partial charge in [0.05, 0.1) is 22.1 Å². The normalized spacial score (nSPS) is 11.8. The molecule has 0 spiro atoms. The number of para-hydroxylation sites is 3. The third-order valence-corrected chi connectivity index (χ3v) is 11.7. The molecule has 0 fully saturated rings. The van der Waals surface area contributed by atoms with Crippen LogP contribution in [-0.4, -0.2) is 18.9 Å². The molecular weight excluding hydrogens is 705 g/mol. The summed E-state index contributed by atoms with van der Waals surface area (Å²) in [6, 6.07) is 71.6. The van der Waals surface area contributed by atoms with E-state index in [0.29, 0.717) is 0 Å². The van der Waals surface area contributed by atoms with Gasteiger partial charge in [0, 0.05) is 28.6 Å². The fourth-order valence-corrected chi connectivity index (χ4v) is 8.95. The van der Waals surface area contributed by atoms with Gasteiger partial charge in [-0.2, -0.15) is 0 Å². The Hall–Kier alpha value is -7.82. The van der Waals surface area contributed by atoms with Crippen molar-refractivity contribution in [2.24, 2.45) is 0 Å². The standard InChI is InChI=1S/C54H34N4/c1-2-16-44(17-3-1)58-48-21-11-10-20-47(48)55-54(58)38-26-22-37(23-27-38)43-30-31-49-56-52-50(41-28-24-35-12-4-6-14-39(35)32-41)45-18-8-9-19-46(45)51(53(52)57(49)34-43)42-29-25-36-13-5-7-15-40(36)33-42/h1-34H. The minimum Gasteiger partial charge on any atom is -0.298 e. The van der Waals surface area contributed by atoms with Crippen LogP contribution in [0.25, 0.3) is 110 Å². The van der Waals surface area contributed by atoms with E-state index in [0.717, 1.165) is 67.0 Å². The minimum atomic E-state index is 0.909. The molecule has 0 aliphatic heterocycles. The molecule has 0 bridgehead atoms. The molecule has 0 N–H and O–H groups in total. The van der Waals surface area contributed by atoms with Crippen LogP contribution in [0.2, 0.25) is 0 Å². The molecule has 4 heteroatoms. The number of hydrogen-bond acceptors (Lipinski definition) is 2. The molecule has 0 saturated carbocycles. The van der Waals surface area contributed by atoms with Crippen molar-refractivity contribution < 1.29 is 0 Å². The van der Waals surface area contributed by atoms with Crippen molar-refractivity contribution >= 4 is 60.0 Å². The van der Waals surface area contributed by atoms with Crippen molar-refractivity contribution in [2.75, 3.05) is 0 Å². The molecule has 0 atom stereocenters. The zero-order valence-electron chi connectivity index (χ0n) is 31.4. The van der Waals surface area contributed by atoms with Crippen LogP contribution in [0.3, 0.4) is 0 Å². The summed E-state index contributed by atoms with van der Waals surface area (Å²) in [5.74, 6) is 0.920. The van der Waals surface area contributed by atoms with Gasteiger partial charge in [0.2, 0.25) is 0 Å². The Morgan fingerprint density at radius 3 is 1.66 bits per heavy atom. The molecule has 0 unspecified atom stereocenters. The molecule has 0 aliphatic carbocycles. The van der Waals surface area contributed by atoms with Gasteiger partial charge < -0.3 is 0 Å². The number of nitrogens with zero attached hydrogens (tertiary/aromatic N) is 4. The molecule has 0 radical (unpaired) electrons. The van der Waals surface area contributed by atoms with Gasteiger partial charge in [-0.15, -0.1) is 0 Å². The maximum absolute atomic E-state index is 5.47. The summed E-state index contributed by atoms with van der Waals surface area (Å²) in [7, 11) is 0. The first-order valence-corrected chi connectivity index (χ1v) is 19.7. The van der Waals surface area contributed by atoms with Crippen LogP contribution in [0.4, 0.5) is 0 Å². The lowest BCUT2D eigenvalue weighted by molar-refractivity contribution is 1.10. The van der Waals surface area contributed by atoms with Crippen LogP contribution in [0.1, 0.15) is 0 Å². The molecular formula is C54H34N4. The molecule has 12 aromatic rings. The van der Waals surface area contributed by atoms with Crippen LogP contribution in [0.15, 0.2) is 206 Å². The summed E-state index contributed by atoms with van der Waals surface area (Å²) in [5.41, 5.74) is 14.1. The third kappa shape index (κ3) is 5.09. The second kappa shape index (κ2) is 12.9. The molecule has 0 amide bonds. The van der Waals surface area contributed by atoms with Crippen molar-refractivity contribution in [3.63, 3.8) is 0 Å². The summed E-state index contributed by atoms with van der Waals surface area (Å²) >= 11 is 0. The number of pyridine rings is 1. The van der Waals surface area contributed by atoms with Gasteiger partial charge in [-0.25, -0.2) is 9.97 Å². The Morgan fingerprint density at radius 2 is 0.931 bits per heavy atom. The Balaban J connectivity index is 1.08. The zero-order valence-corrected chi connectivity index (χ0v) is 31.4. The highest BCUT2D eigenvalue weighted by Gasteiger charge is 2.22. The Bertz CT molecular complexity index is 3560. The van der Waals surface area contributed by atoms with E-state index in [9.17, 15) is 0 Å². The Kier molecular flexibility index (Phi) is 7.20. The van der Waals surface area contributed by atoms with E-state index in [1.165, 1.54) is 43.4 Å². The molecule has 0 saturated heterocycles. The highest BCUT2D eigenvalue weighted by molar-refractivity contribution is 6.21. The van der Waals surface area contributed by atoms with Crippen molar-refractivity contribution in [3.8, 4) is 50.5 Å². The largest absolute Gasteiger partial charge is 0.298 e. The lowest BCUT2D eigenvalue weighted by Crippen LogP contribution is -1.97. The van der Waals surface area contributed by atoms with Crippen LogP contribution in [0, 0.1) is 0 Å². The van der Waals surface area contributed by atoms with Crippen molar-refractivity contribution in [1.29, 1.82) is 0 Å². The predicted molar refractivity (Wildman–Crippen MR) is 242 cm³/mol. The summed E-state index contributed by atoms with van der Waals surface area (Å²) in [5, 5.41) is 7.27. The van der Waals surface area contributed by atoms with E-state index in [2.05, 4.69) is 209 Å². The Morgan fingerprint density at radius 1 is 0.379 bits per heavy atom. The number of hydrogen-bond donors (Lipinski definition) is 0. The predicted octanol–water partition coefficient (Wildman–Crippen LogP) is 14.0. The quantitative estimate of drug-likeness (QED) is 0.176. The topological polar surface area (TPSA) is 35.1 Å². The van der Waals surface area contributed by atoms with E-state index in [-0.39, 0.29) is 0 Å². The van der Waals surface area contributed by atoms with E-state index >= 15 is 0 Å². The van der Waals surface area contributed by atoms with Gasteiger partial charge in [-0.1, -0.05) is 152 Å². The molecule has 3 heterocycles. The second-order valence-electron chi connectivity index (χ2n) is 15.0. The lowest BCUT2D eigenvalue weighted by Gasteiger charge is -2.16. The fraction of sp³-hybridized carbons (Fsp3) is 0. The van der Waals surface area contributed by atoms with Gasteiger partial charge >= 0.3 is 0 Å². The second-order valence-corrected chi connectivity index (χ2v) is 15.0. The number of fused-ring (bicyclic) bond motifs is 7. The van der Waals surface area contributed by atoms with Gasteiger partial charge in [0.15, 0.2) is 0 Å². The van der Waals surface area contributed by atoms with Crippen LogP contribution < -0.4 is 0 Å². The fourth-order valence-electron chi connectivity index (χ4n) is 8.95. The van der Waals surface area contributed by atoms with Gasteiger partial charge in [0.1, 0.15) is 11.5 Å². The zero-order chi connectivity index (χ0) is 38.2. The van der Waals surface area contributed by atoms with E-state index in [1.54, 1.807) is 0 Å². The third-order valence-electron chi connectivity index (χ3n) is 11.7. The first-order chi connectivity index (χ1) is 28.7. The molecule has 9 aromatic carbocycles. The maximum atomic E-state index is 5.47. The summed E-state index contributed by atoms with van der Waals surface area (Å²) in [4.78, 5) is 10.6. The van der Waals surface area contributed by atoms with Gasteiger partial charge in [-0.05, 0) is 103 Å². The first kappa shape index (κ1) is 32.4. The van der Waals surface area contributed by atoms with Crippen molar-refractivity contribution in [3.05, 3.63) is 206 Å². The smallest absolute Gasteiger partial charge is 0.145 e. The Labute approximate surface area is 334 Å². The lowest BCUT2D eigenvalue weighted by atomic mass is 9.89. The molecule has 3 aromatic heterocycles. The summed E-state index contributed by atoms with van der Waals surface area (Å²) in [6.07, 6.45) is 2.27. The van der Waals surface area contributed by atoms with E-state index in [1.807, 2.05) is 6.07 Å². The first-order valence-electron chi connectivity index (χ1n) is 19.7. The van der Waals surface area contributed by atoms with Crippen LogP contribution in [0.5, 0.6) is 0 Å². The minimum absolute atomic E-state index is 0.909. The molecule has 0 aliphatic rings. The van der Waals surface area contributed by atoms with Crippen LogP contribution >= 0.6 is 0 Å². The molecule has 58 heavy (non-hydrogen) atoms. The average Bonchev–Trinajstić information content (AvgIpc) is 3.87. The maximum Gasteiger partial charge on any atom is 0.145 e. The average molecular weight is 739 g/mol.